The van der Waals surface area contributed by atoms with Crippen LogP contribution in [0.4, 0.5) is 0 Å². The quantitative estimate of drug-likeness (QED) is 0.779. The van der Waals surface area contributed by atoms with Crippen LogP contribution in [0.1, 0.15) is 30.4 Å². The summed E-state index contributed by atoms with van der Waals surface area (Å²) in [6, 6.07) is 8.51. The van der Waals surface area contributed by atoms with Gasteiger partial charge in [-0.15, -0.1) is 0 Å². The van der Waals surface area contributed by atoms with Crippen LogP contribution in [0, 0.1) is 11.8 Å². The van der Waals surface area contributed by atoms with E-state index in [0.717, 1.165) is 6.42 Å². The predicted octanol–water partition coefficient (Wildman–Crippen LogP) is 2.84. The maximum atomic E-state index is 12.1. The fraction of sp³-hybridized carbons (Fsp3) is 0.438. The molecular formula is C16H19NO2. The summed E-state index contributed by atoms with van der Waals surface area (Å²) in [5.41, 5.74) is 4.07. The van der Waals surface area contributed by atoms with E-state index in [1.165, 1.54) is 28.9 Å². The smallest absolute Gasteiger partial charge is 0.249 e. The molecule has 0 aliphatic heterocycles. The highest BCUT2D eigenvalue weighted by molar-refractivity contribution is 5.88. The second-order valence-electron chi connectivity index (χ2n) is 5.46. The summed E-state index contributed by atoms with van der Waals surface area (Å²) in [5.74, 6) is 1.01. The standard InChI is InChI=1S/C16H19NO2/c1-10-8-13(12-7-5-4-6-11(10)12)14-9-15(14)16(18)17(2)19-3/h4-8,10,14-15H,9H2,1-3H3. The van der Waals surface area contributed by atoms with Gasteiger partial charge in [0.05, 0.1) is 7.11 Å². The van der Waals surface area contributed by atoms with Crippen LogP contribution in [-0.2, 0) is 9.63 Å². The summed E-state index contributed by atoms with van der Waals surface area (Å²) < 4.78 is 0. The van der Waals surface area contributed by atoms with Crippen molar-refractivity contribution in [2.75, 3.05) is 14.2 Å². The van der Waals surface area contributed by atoms with E-state index < -0.39 is 0 Å². The Hall–Kier alpha value is -1.61. The molecule has 0 N–H and O–H groups in total. The molecule has 1 fully saturated rings. The van der Waals surface area contributed by atoms with Crippen molar-refractivity contribution in [2.24, 2.45) is 11.8 Å². The van der Waals surface area contributed by atoms with E-state index in [1.54, 1.807) is 7.05 Å². The third kappa shape index (κ3) is 1.98. The molecule has 3 rings (SSSR count). The van der Waals surface area contributed by atoms with Crippen molar-refractivity contribution in [3.05, 3.63) is 41.5 Å². The highest BCUT2D eigenvalue weighted by atomic mass is 16.7. The second-order valence-corrected chi connectivity index (χ2v) is 5.46. The minimum atomic E-state index is 0.0884. The Bertz CT molecular complexity index is 549. The topological polar surface area (TPSA) is 29.5 Å². The molecular weight excluding hydrogens is 238 g/mol. The first-order valence-corrected chi connectivity index (χ1v) is 6.76. The number of rotatable bonds is 3. The van der Waals surface area contributed by atoms with Crippen molar-refractivity contribution in [3.63, 3.8) is 0 Å². The van der Waals surface area contributed by atoms with E-state index in [1.807, 2.05) is 0 Å². The molecule has 0 heterocycles. The summed E-state index contributed by atoms with van der Waals surface area (Å²) in [5, 5.41) is 1.34. The number of carbonyl (C=O) groups excluding carboxylic acids is 1. The average molecular weight is 257 g/mol. The molecule has 19 heavy (non-hydrogen) atoms. The van der Waals surface area contributed by atoms with Crippen molar-refractivity contribution in [2.45, 2.75) is 19.3 Å². The van der Waals surface area contributed by atoms with Gasteiger partial charge in [-0.05, 0) is 29.0 Å². The van der Waals surface area contributed by atoms with Crippen LogP contribution < -0.4 is 0 Å². The van der Waals surface area contributed by atoms with Crippen LogP contribution in [-0.4, -0.2) is 25.1 Å². The Morgan fingerprint density at radius 2 is 2.11 bits per heavy atom. The van der Waals surface area contributed by atoms with Crippen LogP contribution in [0.3, 0.4) is 0 Å². The minimum absolute atomic E-state index is 0.0884. The maximum Gasteiger partial charge on any atom is 0.249 e. The Labute approximate surface area is 113 Å². The van der Waals surface area contributed by atoms with Crippen LogP contribution in [0.5, 0.6) is 0 Å². The van der Waals surface area contributed by atoms with Gasteiger partial charge in [-0.3, -0.25) is 9.63 Å². The van der Waals surface area contributed by atoms with Gasteiger partial charge in [-0.2, -0.15) is 0 Å². The van der Waals surface area contributed by atoms with Crippen molar-refractivity contribution in [1.29, 1.82) is 0 Å². The summed E-state index contributed by atoms with van der Waals surface area (Å²) in [4.78, 5) is 17.0. The number of hydroxylamine groups is 2. The van der Waals surface area contributed by atoms with Crippen LogP contribution >= 0.6 is 0 Å². The fourth-order valence-corrected chi connectivity index (χ4v) is 3.06. The Morgan fingerprint density at radius 1 is 1.37 bits per heavy atom. The third-order valence-electron chi connectivity index (χ3n) is 4.28. The maximum absolute atomic E-state index is 12.1. The number of amides is 1. The van der Waals surface area contributed by atoms with E-state index in [4.69, 9.17) is 4.84 Å². The van der Waals surface area contributed by atoms with Gasteiger partial charge in [-0.25, -0.2) is 5.06 Å². The number of nitrogens with zero attached hydrogens (tertiary/aromatic N) is 1. The Balaban J connectivity index is 1.80. The average Bonchev–Trinajstić information content (AvgIpc) is 3.16. The van der Waals surface area contributed by atoms with Gasteiger partial charge in [-0.1, -0.05) is 37.3 Å². The zero-order chi connectivity index (χ0) is 13.6. The Kier molecular flexibility index (Phi) is 2.94. The molecule has 100 valence electrons. The number of fused-ring (bicyclic) bond motifs is 1. The summed E-state index contributed by atoms with van der Waals surface area (Å²) in [6.07, 6.45) is 3.26. The number of benzene rings is 1. The van der Waals surface area contributed by atoms with E-state index in [-0.39, 0.29) is 11.8 Å². The van der Waals surface area contributed by atoms with Crippen LogP contribution in [0.2, 0.25) is 0 Å². The van der Waals surface area contributed by atoms with Crippen LogP contribution in [0.25, 0.3) is 5.57 Å². The summed E-state index contributed by atoms with van der Waals surface area (Å²) >= 11 is 0. The monoisotopic (exact) mass is 257 g/mol. The predicted molar refractivity (Wildman–Crippen MR) is 74.2 cm³/mol. The second kappa shape index (κ2) is 4.49. The molecule has 0 bridgehead atoms. The van der Waals surface area contributed by atoms with Crippen molar-refractivity contribution >= 4 is 11.5 Å². The van der Waals surface area contributed by atoms with Gasteiger partial charge in [0.15, 0.2) is 0 Å². The molecule has 2 aliphatic carbocycles. The van der Waals surface area contributed by atoms with Crippen molar-refractivity contribution in [1.82, 2.24) is 5.06 Å². The van der Waals surface area contributed by atoms with E-state index >= 15 is 0 Å². The number of hydrogen-bond donors (Lipinski definition) is 0. The van der Waals surface area contributed by atoms with Crippen molar-refractivity contribution < 1.29 is 9.63 Å². The Morgan fingerprint density at radius 3 is 2.84 bits per heavy atom. The van der Waals surface area contributed by atoms with Crippen LogP contribution in [0.15, 0.2) is 30.3 Å². The molecule has 3 heteroatoms. The molecule has 0 aromatic heterocycles. The first-order valence-electron chi connectivity index (χ1n) is 6.76. The molecule has 0 radical (unpaired) electrons. The normalized spacial score (nSPS) is 27.7. The number of carbonyl (C=O) groups is 1. The van der Waals surface area contributed by atoms with Gasteiger partial charge >= 0.3 is 0 Å². The highest BCUT2D eigenvalue weighted by Crippen LogP contribution is 2.53. The van der Waals surface area contributed by atoms with Gasteiger partial charge in [0.1, 0.15) is 0 Å². The zero-order valence-electron chi connectivity index (χ0n) is 11.6. The number of allylic oxidation sites excluding steroid dienone is 2. The molecule has 1 aromatic carbocycles. The van der Waals surface area contributed by atoms with E-state index in [0.29, 0.717) is 11.8 Å². The molecule has 3 nitrogen and oxygen atoms in total. The van der Waals surface area contributed by atoms with Gasteiger partial charge in [0.2, 0.25) is 5.91 Å². The van der Waals surface area contributed by atoms with E-state index in [2.05, 4.69) is 37.3 Å². The largest absolute Gasteiger partial charge is 0.275 e. The lowest BCUT2D eigenvalue weighted by Gasteiger charge is -2.13. The van der Waals surface area contributed by atoms with Gasteiger partial charge in [0, 0.05) is 18.9 Å². The van der Waals surface area contributed by atoms with Gasteiger partial charge < -0.3 is 0 Å². The molecule has 1 aromatic rings. The lowest BCUT2D eigenvalue weighted by molar-refractivity contribution is -0.170. The lowest BCUT2D eigenvalue weighted by Crippen LogP contribution is -2.27. The summed E-state index contributed by atoms with van der Waals surface area (Å²) in [6.45, 7) is 2.21. The SMILES string of the molecule is CON(C)C(=O)C1CC1C1=CC(C)c2ccccc21. The summed E-state index contributed by atoms with van der Waals surface area (Å²) in [7, 11) is 3.21. The molecule has 0 spiro atoms. The minimum Gasteiger partial charge on any atom is -0.275 e. The lowest BCUT2D eigenvalue weighted by atomic mass is 9.99. The fourth-order valence-electron chi connectivity index (χ4n) is 3.06. The molecule has 1 amide bonds. The first-order chi connectivity index (χ1) is 9.13. The third-order valence-corrected chi connectivity index (χ3v) is 4.28. The van der Waals surface area contributed by atoms with Crippen molar-refractivity contribution in [3.8, 4) is 0 Å². The molecule has 1 saturated carbocycles. The van der Waals surface area contributed by atoms with E-state index in [9.17, 15) is 4.79 Å². The zero-order valence-corrected chi connectivity index (χ0v) is 11.6. The highest BCUT2D eigenvalue weighted by Gasteiger charge is 2.48. The molecule has 3 atom stereocenters. The molecule has 3 unspecified atom stereocenters. The molecule has 0 saturated heterocycles. The molecule has 2 aliphatic rings. The number of hydrogen-bond acceptors (Lipinski definition) is 2. The first kappa shape index (κ1) is 12.4. The van der Waals surface area contributed by atoms with Gasteiger partial charge in [0.25, 0.3) is 0 Å².